The Balaban J connectivity index is 1.90. The molecule has 2 aromatic heterocycles. The van der Waals surface area contributed by atoms with E-state index in [-0.39, 0.29) is 24.3 Å². The van der Waals surface area contributed by atoms with Crippen LogP contribution in [-0.2, 0) is 11.8 Å². The van der Waals surface area contributed by atoms with Crippen LogP contribution < -0.4 is 0 Å². The average Bonchev–Trinajstić information content (AvgIpc) is 2.98. The molecular weight excluding hydrogens is 349 g/mol. The predicted molar refractivity (Wildman–Crippen MR) is 90.6 cm³/mol. The minimum absolute atomic E-state index is 0.0826. The maximum absolute atomic E-state index is 13.9. The first-order valence-corrected chi connectivity index (χ1v) is 9.28. The molecule has 0 bridgehead atoms. The van der Waals surface area contributed by atoms with Crippen LogP contribution in [0, 0.1) is 6.92 Å². The van der Waals surface area contributed by atoms with Gasteiger partial charge in [-0.05, 0) is 31.9 Å². The van der Waals surface area contributed by atoms with Crippen LogP contribution in [0.2, 0.25) is 0 Å². The second-order valence-corrected chi connectivity index (χ2v) is 7.68. The van der Waals surface area contributed by atoms with E-state index in [0.717, 1.165) is 17.8 Å². The van der Waals surface area contributed by atoms with Crippen molar-refractivity contribution in [3.05, 3.63) is 45.7 Å². The van der Waals surface area contributed by atoms with Crippen LogP contribution in [0.5, 0.6) is 0 Å². The van der Waals surface area contributed by atoms with Gasteiger partial charge in [0.25, 0.3) is 0 Å². The molecule has 1 aliphatic rings. The highest BCUT2D eigenvalue weighted by atomic mass is 32.1. The van der Waals surface area contributed by atoms with Crippen molar-refractivity contribution in [2.75, 3.05) is 0 Å². The van der Waals surface area contributed by atoms with Crippen molar-refractivity contribution in [3.63, 3.8) is 0 Å². The first-order chi connectivity index (χ1) is 11.8. The van der Waals surface area contributed by atoms with E-state index in [2.05, 4.69) is 9.97 Å². The second kappa shape index (κ2) is 7.03. The molecule has 136 valence electrons. The van der Waals surface area contributed by atoms with Crippen molar-refractivity contribution in [3.8, 4) is 0 Å². The van der Waals surface area contributed by atoms with Crippen molar-refractivity contribution >= 4 is 11.3 Å². The molecule has 2 aromatic rings. The van der Waals surface area contributed by atoms with E-state index in [1.54, 1.807) is 25.3 Å². The largest absolute Gasteiger partial charge is 0.400 e. The zero-order valence-corrected chi connectivity index (χ0v) is 14.8. The van der Waals surface area contributed by atoms with Crippen LogP contribution >= 0.6 is 11.3 Å². The Morgan fingerprint density at radius 3 is 2.56 bits per heavy atom. The van der Waals surface area contributed by atoms with Crippen LogP contribution in [0.3, 0.4) is 0 Å². The quantitative estimate of drug-likeness (QED) is 0.834. The highest BCUT2D eigenvalue weighted by Crippen LogP contribution is 2.52. The zero-order chi connectivity index (χ0) is 18.1. The summed E-state index contributed by atoms with van der Waals surface area (Å²) in [5.74, 6) is 0. The Labute approximate surface area is 149 Å². The minimum atomic E-state index is -4.32. The number of nitrogens with zero attached hydrogens (tertiary/aromatic N) is 2. The van der Waals surface area contributed by atoms with Gasteiger partial charge >= 0.3 is 6.18 Å². The van der Waals surface area contributed by atoms with Crippen molar-refractivity contribution in [1.82, 2.24) is 9.97 Å². The number of thiazole rings is 1. The number of aliphatic hydroxyl groups excluding tert-OH is 1. The normalized spacial score (nSPS) is 18.9. The molecule has 1 unspecified atom stereocenters. The highest BCUT2D eigenvalue weighted by Gasteiger charge is 2.57. The summed E-state index contributed by atoms with van der Waals surface area (Å²) in [6.45, 7) is 1.67. The summed E-state index contributed by atoms with van der Waals surface area (Å²) in [6.07, 6.45) is -1.20. The van der Waals surface area contributed by atoms with Gasteiger partial charge in [0.2, 0.25) is 0 Å². The lowest BCUT2D eigenvalue weighted by molar-refractivity contribution is -0.199. The number of alkyl halides is 3. The van der Waals surface area contributed by atoms with E-state index in [1.807, 2.05) is 6.07 Å². The summed E-state index contributed by atoms with van der Waals surface area (Å²) in [5.41, 5.74) is -0.672. The Morgan fingerprint density at radius 1 is 1.24 bits per heavy atom. The molecule has 1 N–H and O–H groups in total. The summed E-state index contributed by atoms with van der Waals surface area (Å²) in [5, 5.41) is 10.6. The van der Waals surface area contributed by atoms with E-state index in [9.17, 15) is 18.3 Å². The molecule has 3 nitrogen and oxygen atoms in total. The van der Waals surface area contributed by atoms with Gasteiger partial charge in [-0.3, -0.25) is 4.98 Å². The fourth-order valence-corrected chi connectivity index (χ4v) is 4.82. The standard InChI is InChI=1S/C18H21F3N2OS/c1-12-15(14(24)11-13-7-3-6-10-22-13)25-16(23-12)17(18(19,20)21)8-4-2-5-9-17/h3,6-7,10,14,24H,2,4-5,8-9,11H2,1H3. The molecule has 0 aliphatic heterocycles. The fraction of sp³-hybridized carbons (Fsp3) is 0.556. The Morgan fingerprint density at radius 2 is 1.96 bits per heavy atom. The molecule has 1 saturated carbocycles. The first kappa shape index (κ1) is 18.3. The molecular formula is C18H21F3N2OS. The number of pyridine rings is 1. The summed E-state index contributed by atoms with van der Waals surface area (Å²) >= 11 is 1.01. The summed E-state index contributed by atoms with van der Waals surface area (Å²) < 4.78 is 41.6. The smallest absolute Gasteiger partial charge is 0.387 e. The number of aromatic nitrogens is 2. The van der Waals surface area contributed by atoms with Gasteiger partial charge in [-0.15, -0.1) is 11.3 Å². The van der Waals surface area contributed by atoms with Gasteiger partial charge in [0.15, 0.2) is 0 Å². The fourth-order valence-electron chi connectivity index (χ4n) is 3.51. The number of aliphatic hydroxyl groups is 1. The van der Waals surface area contributed by atoms with Crippen LogP contribution in [-0.4, -0.2) is 21.3 Å². The first-order valence-electron chi connectivity index (χ1n) is 8.46. The summed E-state index contributed by atoms with van der Waals surface area (Å²) in [4.78, 5) is 8.93. The number of aryl methyl sites for hydroxylation is 1. The van der Waals surface area contributed by atoms with Crippen molar-refractivity contribution in [1.29, 1.82) is 0 Å². The number of hydrogen-bond acceptors (Lipinski definition) is 4. The lowest BCUT2D eigenvalue weighted by Crippen LogP contribution is -2.43. The topological polar surface area (TPSA) is 46.0 Å². The van der Waals surface area contributed by atoms with Crippen LogP contribution in [0.1, 0.15) is 59.5 Å². The third-order valence-corrected chi connectivity index (χ3v) is 6.39. The van der Waals surface area contributed by atoms with Gasteiger partial charge in [0.1, 0.15) is 10.4 Å². The van der Waals surface area contributed by atoms with Crippen molar-refractivity contribution in [2.45, 2.75) is 63.1 Å². The molecule has 3 rings (SSSR count). The SMILES string of the molecule is Cc1nc(C2(C(F)(F)F)CCCCC2)sc1C(O)Cc1ccccn1. The Bertz CT molecular complexity index is 709. The molecule has 0 aromatic carbocycles. The highest BCUT2D eigenvalue weighted by molar-refractivity contribution is 7.12. The molecule has 0 amide bonds. The number of hydrogen-bond donors (Lipinski definition) is 1. The maximum Gasteiger partial charge on any atom is 0.400 e. The molecule has 0 spiro atoms. The van der Waals surface area contributed by atoms with Gasteiger partial charge in [-0.1, -0.05) is 25.3 Å². The maximum atomic E-state index is 13.9. The van der Waals surface area contributed by atoms with E-state index in [4.69, 9.17) is 0 Å². The zero-order valence-electron chi connectivity index (χ0n) is 14.0. The van der Waals surface area contributed by atoms with Crippen molar-refractivity contribution < 1.29 is 18.3 Å². The van der Waals surface area contributed by atoms with Crippen molar-refractivity contribution in [2.24, 2.45) is 0 Å². The van der Waals surface area contributed by atoms with E-state index in [1.165, 1.54) is 0 Å². The van der Waals surface area contributed by atoms with Crippen LogP contribution in [0.4, 0.5) is 13.2 Å². The average molecular weight is 370 g/mol. The summed E-state index contributed by atoms with van der Waals surface area (Å²) in [7, 11) is 0. The minimum Gasteiger partial charge on any atom is -0.387 e. The molecule has 2 heterocycles. The molecule has 7 heteroatoms. The van der Waals surface area contributed by atoms with Gasteiger partial charge in [-0.25, -0.2) is 4.98 Å². The molecule has 0 saturated heterocycles. The molecule has 0 radical (unpaired) electrons. The molecule has 25 heavy (non-hydrogen) atoms. The Hall–Kier alpha value is -1.47. The lowest BCUT2D eigenvalue weighted by atomic mass is 9.74. The van der Waals surface area contributed by atoms with Gasteiger partial charge < -0.3 is 5.11 Å². The third-order valence-electron chi connectivity index (χ3n) is 4.92. The Kier molecular flexibility index (Phi) is 5.16. The van der Waals surface area contributed by atoms with E-state index >= 15 is 0 Å². The molecule has 1 fully saturated rings. The monoisotopic (exact) mass is 370 g/mol. The predicted octanol–water partition coefficient (Wildman–Crippen LogP) is 4.89. The van der Waals surface area contributed by atoms with E-state index in [0.29, 0.717) is 29.1 Å². The van der Waals surface area contributed by atoms with Gasteiger partial charge in [0, 0.05) is 18.3 Å². The second-order valence-electron chi connectivity index (χ2n) is 6.65. The lowest BCUT2D eigenvalue weighted by Gasteiger charge is -2.37. The molecule has 1 aliphatic carbocycles. The van der Waals surface area contributed by atoms with Gasteiger partial charge in [-0.2, -0.15) is 13.2 Å². The van der Waals surface area contributed by atoms with E-state index < -0.39 is 17.7 Å². The van der Waals surface area contributed by atoms with Crippen LogP contribution in [0.25, 0.3) is 0 Å². The van der Waals surface area contributed by atoms with Crippen LogP contribution in [0.15, 0.2) is 24.4 Å². The number of halogens is 3. The third kappa shape index (κ3) is 3.58. The number of rotatable bonds is 4. The van der Waals surface area contributed by atoms with Gasteiger partial charge in [0.05, 0.1) is 16.7 Å². The summed E-state index contributed by atoms with van der Waals surface area (Å²) in [6, 6.07) is 5.39. The molecule has 1 atom stereocenters.